The van der Waals surface area contributed by atoms with Gasteiger partial charge in [0.1, 0.15) is 5.82 Å². The molecular weight excluding hydrogens is 280 g/mol. The molecule has 1 aliphatic rings. The fraction of sp³-hybridized carbons (Fsp3) is 0.615. The maximum absolute atomic E-state index is 5.63. The van der Waals surface area contributed by atoms with Crippen molar-refractivity contribution in [2.75, 3.05) is 31.7 Å². The van der Waals surface area contributed by atoms with Crippen LogP contribution in [0.2, 0.25) is 0 Å². The lowest BCUT2D eigenvalue weighted by atomic mass is 10.3. The van der Waals surface area contributed by atoms with Gasteiger partial charge in [0.25, 0.3) is 0 Å². The minimum absolute atomic E-state index is 0.782. The Bertz CT molecular complexity index is 380. The molecule has 17 heavy (non-hydrogen) atoms. The summed E-state index contributed by atoms with van der Waals surface area (Å²) in [5.74, 6) is 1.87. The first-order chi connectivity index (χ1) is 8.16. The van der Waals surface area contributed by atoms with Crippen LogP contribution in [0.1, 0.15) is 18.4 Å². The molecule has 2 rings (SSSR count). The second-order valence-electron chi connectivity index (χ2n) is 4.73. The number of aromatic nitrogens is 1. The number of halogens is 1. The van der Waals surface area contributed by atoms with Crippen LogP contribution in [0, 0.1) is 12.8 Å². The van der Waals surface area contributed by atoms with Gasteiger partial charge in [-0.1, -0.05) is 0 Å². The lowest BCUT2D eigenvalue weighted by molar-refractivity contribution is 0.131. The summed E-state index contributed by atoms with van der Waals surface area (Å²) in [4.78, 5) is 6.57. The monoisotopic (exact) mass is 298 g/mol. The molecule has 0 saturated heterocycles. The predicted octanol–water partition coefficient (Wildman–Crippen LogP) is 3.02. The summed E-state index contributed by atoms with van der Waals surface area (Å²) in [7, 11) is 2.06. The molecule has 0 atom stereocenters. The van der Waals surface area contributed by atoms with Gasteiger partial charge in [0.2, 0.25) is 0 Å². The molecule has 3 nitrogen and oxygen atoms in total. The SMILES string of the molecule is Cc1cc(Br)cnc1N(C)CCOCC1CC1. The van der Waals surface area contributed by atoms with E-state index >= 15 is 0 Å². The average molecular weight is 299 g/mol. The van der Waals surface area contributed by atoms with Gasteiger partial charge >= 0.3 is 0 Å². The number of likely N-dealkylation sites (N-methyl/N-ethyl adjacent to an activating group) is 1. The molecule has 94 valence electrons. The van der Waals surface area contributed by atoms with Crippen molar-refractivity contribution in [3.8, 4) is 0 Å². The highest BCUT2D eigenvalue weighted by molar-refractivity contribution is 9.10. The fourth-order valence-electron chi connectivity index (χ4n) is 1.77. The second-order valence-corrected chi connectivity index (χ2v) is 5.65. The molecule has 1 fully saturated rings. The van der Waals surface area contributed by atoms with Gasteiger partial charge in [0.15, 0.2) is 0 Å². The van der Waals surface area contributed by atoms with Crippen LogP contribution in [0.5, 0.6) is 0 Å². The third kappa shape index (κ3) is 3.96. The minimum Gasteiger partial charge on any atom is -0.379 e. The summed E-state index contributed by atoms with van der Waals surface area (Å²) >= 11 is 3.43. The summed E-state index contributed by atoms with van der Waals surface area (Å²) in [6.45, 7) is 4.68. The smallest absolute Gasteiger partial charge is 0.131 e. The van der Waals surface area contributed by atoms with Crippen molar-refractivity contribution in [1.29, 1.82) is 0 Å². The van der Waals surface area contributed by atoms with Crippen LogP contribution in [0.15, 0.2) is 16.7 Å². The number of aryl methyl sites for hydroxylation is 1. The van der Waals surface area contributed by atoms with Gasteiger partial charge in [0, 0.05) is 30.9 Å². The molecule has 1 aliphatic carbocycles. The number of rotatable bonds is 6. The molecule has 0 amide bonds. The van der Waals surface area contributed by atoms with Crippen LogP contribution >= 0.6 is 15.9 Å². The van der Waals surface area contributed by atoms with Gasteiger partial charge < -0.3 is 9.64 Å². The van der Waals surface area contributed by atoms with Gasteiger partial charge in [-0.15, -0.1) is 0 Å². The summed E-state index contributed by atoms with van der Waals surface area (Å²) in [5.41, 5.74) is 1.18. The van der Waals surface area contributed by atoms with E-state index in [1.165, 1.54) is 18.4 Å². The zero-order valence-electron chi connectivity index (χ0n) is 10.4. The number of hydrogen-bond acceptors (Lipinski definition) is 3. The normalized spacial score (nSPS) is 15.0. The second kappa shape index (κ2) is 5.83. The van der Waals surface area contributed by atoms with Crippen molar-refractivity contribution in [2.24, 2.45) is 5.92 Å². The molecule has 0 unspecified atom stereocenters. The van der Waals surface area contributed by atoms with E-state index in [2.05, 4.69) is 45.9 Å². The van der Waals surface area contributed by atoms with Crippen LogP contribution in [0.4, 0.5) is 5.82 Å². The van der Waals surface area contributed by atoms with E-state index in [0.29, 0.717) is 0 Å². The number of anilines is 1. The largest absolute Gasteiger partial charge is 0.379 e. The van der Waals surface area contributed by atoms with Crippen molar-refractivity contribution in [3.05, 3.63) is 22.3 Å². The Morgan fingerprint density at radius 3 is 2.94 bits per heavy atom. The molecule has 0 radical (unpaired) electrons. The van der Waals surface area contributed by atoms with Gasteiger partial charge in [0.05, 0.1) is 6.61 Å². The Morgan fingerprint density at radius 1 is 1.53 bits per heavy atom. The summed E-state index contributed by atoms with van der Waals surface area (Å²) in [6.07, 6.45) is 4.54. The molecule has 0 aromatic carbocycles. The van der Waals surface area contributed by atoms with E-state index in [1.54, 1.807) is 0 Å². The average Bonchev–Trinajstić information content (AvgIpc) is 3.08. The number of ether oxygens (including phenoxy) is 1. The van der Waals surface area contributed by atoms with Crippen molar-refractivity contribution < 1.29 is 4.74 Å². The number of pyridine rings is 1. The van der Waals surface area contributed by atoms with Crippen molar-refractivity contribution in [2.45, 2.75) is 19.8 Å². The van der Waals surface area contributed by atoms with Gasteiger partial charge in [-0.2, -0.15) is 0 Å². The Balaban J connectivity index is 1.78. The van der Waals surface area contributed by atoms with E-state index in [9.17, 15) is 0 Å². The molecule has 1 saturated carbocycles. The van der Waals surface area contributed by atoms with Crippen LogP contribution in [0.3, 0.4) is 0 Å². The minimum atomic E-state index is 0.782. The zero-order chi connectivity index (χ0) is 12.3. The van der Waals surface area contributed by atoms with Crippen LogP contribution in [-0.2, 0) is 4.74 Å². The fourth-order valence-corrected chi connectivity index (χ4v) is 2.22. The van der Waals surface area contributed by atoms with E-state index in [1.807, 2.05) is 6.20 Å². The van der Waals surface area contributed by atoms with Crippen LogP contribution < -0.4 is 4.90 Å². The molecule has 1 heterocycles. The molecule has 0 N–H and O–H groups in total. The number of hydrogen-bond donors (Lipinski definition) is 0. The first-order valence-corrected chi connectivity index (χ1v) is 6.87. The van der Waals surface area contributed by atoms with E-state index in [4.69, 9.17) is 4.74 Å². The maximum Gasteiger partial charge on any atom is 0.131 e. The highest BCUT2D eigenvalue weighted by Crippen LogP contribution is 2.28. The molecule has 0 aliphatic heterocycles. The van der Waals surface area contributed by atoms with Gasteiger partial charge in [-0.25, -0.2) is 4.98 Å². The Hall–Kier alpha value is -0.610. The van der Waals surface area contributed by atoms with Crippen molar-refractivity contribution >= 4 is 21.7 Å². The topological polar surface area (TPSA) is 25.4 Å². The zero-order valence-corrected chi connectivity index (χ0v) is 12.0. The predicted molar refractivity (Wildman–Crippen MR) is 73.5 cm³/mol. The first-order valence-electron chi connectivity index (χ1n) is 6.08. The molecule has 1 aromatic rings. The highest BCUT2D eigenvalue weighted by atomic mass is 79.9. The number of nitrogens with zero attached hydrogens (tertiary/aromatic N) is 2. The lowest BCUT2D eigenvalue weighted by Crippen LogP contribution is -2.24. The molecule has 1 aromatic heterocycles. The Morgan fingerprint density at radius 2 is 2.29 bits per heavy atom. The van der Waals surface area contributed by atoms with Crippen molar-refractivity contribution in [3.63, 3.8) is 0 Å². The summed E-state index contributed by atoms with van der Waals surface area (Å²) in [6, 6.07) is 2.09. The molecule has 0 spiro atoms. The lowest BCUT2D eigenvalue weighted by Gasteiger charge is -2.20. The third-order valence-corrected chi connectivity index (χ3v) is 3.43. The van der Waals surface area contributed by atoms with Gasteiger partial charge in [-0.3, -0.25) is 0 Å². The Labute approximate surface area is 111 Å². The van der Waals surface area contributed by atoms with Crippen LogP contribution in [0.25, 0.3) is 0 Å². The third-order valence-electron chi connectivity index (χ3n) is 3.00. The summed E-state index contributed by atoms with van der Waals surface area (Å²) in [5, 5.41) is 0. The molecular formula is C13H19BrN2O. The van der Waals surface area contributed by atoms with E-state index in [-0.39, 0.29) is 0 Å². The van der Waals surface area contributed by atoms with E-state index < -0.39 is 0 Å². The van der Waals surface area contributed by atoms with Gasteiger partial charge in [-0.05, 0) is 53.2 Å². The quantitative estimate of drug-likeness (QED) is 0.755. The van der Waals surface area contributed by atoms with E-state index in [0.717, 1.165) is 36.0 Å². The first kappa shape index (κ1) is 12.8. The van der Waals surface area contributed by atoms with Crippen LogP contribution in [-0.4, -0.2) is 31.8 Å². The molecule has 0 bridgehead atoms. The summed E-state index contributed by atoms with van der Waals surface area (Å²) < 4.78 is 6.66. The highest BCUT2D eigenvalue weighted by Gasteiger charge is 2.21. The maximum atomic E-state index is 5.63. The molecule has 4 heteroatoms. The standard InChI is InChI=1S/C13H19BrN2O/c1-10-7-12(14)8-15-13(10)16(2)5-6-17-9-11-3-4-11/h7-8,11H,3-6,9H2,1-2H3. The van der Waals surface area contributed by atoms with Crippen molar-refractivity contribution in [1.82, 2.24) is 4.98 Å². The Kier molecular flexibility index (Phi) is 4.40.